The van der Waals surface area contributed by atoms with Crippen LogP contribution in [0.4, 0.5) is 0 Å². The molecule has 0 amide bonds. The second-order valence-electron chi connectivity index (χ2n) is 4.69. The zero-order valence-corrected chi connectivity index (χ0v) is 11.4. The van der Waals surface area contributed by atoms with Gasteiger partial charge in [-0.15, -0.1) is 0 Å². The quantitative estimate of drug-likeness (QED) is 0.698. The number of fused-ring (bicyclic) bond motifs is 1. The van der Waals surface area contributed by atoms with Crippen molar-refractivity contribution in [2.24, 2.45) is 5.73 Å². The van der Waals surface area contributed by atoms with Crippen molar-refractivity contribution in [3.63, 3.8) is 0 Å². The molecular weight excluding hydrogens is 258 g/mol. The molecule has 0 aliphatic heterocycles. The van der Waals surface area contributed by atoms with Gasteiger partial charge in [-0.05, 0) is 37.5 Å². The van der Waals surface area contributed by atoms with E-state index in [4.69, 9.17) is 10.5 Å². The van der Waals surface area contributed by atoms with Gasteiger partial charge in [0.05, 0.1) is 17.6 Å². The Kier molecular flexibility index (Phi) is 4.57. The first-order chi connectivity index (χ1) is 9.60. The number of rotatable bonds is 6. The van der Waals surface area contributed by atoms with Crippen LogP contribution in [-0.4, -0.2) is 22.5 Å². The molecule has 1 aromatic carbocycles. The molecule has 2 rings (SSSR count). The second kappa shape index (κ2) is 6.38. The van der Waals surface area contributed by atoms with Gasteiger partial charge in [0.1, 0.15) is 0 Å². The average Bonchev–Trinajstić information content (AvgIpc) is 2.77. The fourth-order valence-electron chi connectivity index (χ4n) is 2.15. The molecule has 20 heavy (non-hydrogen) atoms. The molecule has 1 heterocycles. The molecule has 1 aromatic heterocycles. The molecular formula is C14H19N3O3. The van der Waals surface area contributed by atoms with Gasteiger partial charge in [0.2, 0.25) is 0 Å². The molecule has 2 aromatic rings. The fraction of sp³-hybridized carbons (Fsp3) is 0.429. The number of hydrogen-bond acceptors (Lipinski definition) is 4. The second-order valence-corrected chi connectivity index (χ2v) is 4.69. The molecule has 6 nitrogen and oxygen atoms in total. The van der Waals surface area contributed by atoms with E-state index in [-0.39, 0.29) is 17.7 Å². The minimum absolute atomic E-state index is 0.160. The minimum atomic E-state index is -0.229. The van der Waals surface area contributed by atoms with E-state index in [1.54, 1.807) is 6.92 Å². The molecule has 0 spiro atoms. The maximum Gasteiger partial charge on any atom is 0.323 e. The summed E-state index contributed by atoms with van der Waals surface area (Å²) in [7, 11) is 0. The Hall–Kier alpha value is -2.08. The number of carbonyl (C=O) groups is 1. The van der Waals surface area contributed by atoms with E-state index < -0.39 is 0 Å². The van der Waals surface area contributed by atoms with Crippen LogP contribution in [-0.2, 0) is 9.53 Å². The molecule has 0 saturated carbocycles. The van der Waals surface area contributed by atoms with Gasteiger partial charge in [-0.25, -0.2) is 4.79 Å². The Labute approximate surface area is 116 Å². The number of nitrogens with one attached hydrogen (secondary N) is 2. The van der Waals surface area contributed by atoms with Gasteiger partial charge in [-0.1, -0.05) is 6.07 Å². The topological polar surface area (TPSA) is 101 Å². The zero-order chi connectivity index (χ0) is 14.5. The third-order valence-corrected chi connectivity index (χ3v) is 3.17. The summed E-state index contributed by atoms with van der Waals surface area (Å²) in [6.07, 6.45) is 1.76. The van der Waals surface area contributed by atoms with Crippen molar-refractivity contribution >= 4 is 17.0 Å². The van der Waals surface area contributed by atoms with Crippen molar-refractivity contribution in [1.82, 2.24) is 9.97 Å². The van der Waals surface area contributed by atoms with E-state index in [0.717, 1.165) is 16.6 Å². The fourth-order valence-corrected chi connectivity index (χ4v) is 2.15. The van der Waals surface area contributed by atoms with Crippen LogP contribution in [0.5, 0.6) is 0 Å². The van der Waals surface area contributed by atoms with Crippen molar-refractivity contribution in [2.45, 2.75) is 32.2 Å². The van der Waals surface area contributed by atoms with Crippen LogP contribution in [0.1, 0.15) is 37.8 Å². The molecule has 1 atom stereocenters. The number of ether oxygens (including phenoxy) is 1. The van der Waals surface area contributed by atoms with Crippen LogP contribution in [0, 0.1) is 0 Å². The summed E-state index contributed by atoms with van der Waals surface area (Å²) in [6, 6.07) is 5.42. The SMILES string of the molecule is CCOC(=O)CCCC(N)c1ccc2[nH]c(=O)[nH]c2c1. The summed E-state index contributed by atoms with van der Waals surface area (Å²) < 4.78 is 4.87. The van der Waals surface area contributed by atoms with Crippen molar-refractivity contribution in [3.8, 4) is 0 Å². The van der Waals surface area contributed by atoms with Crippen molar-refractivity contribution in [1.29, 1.82) is 0 Å². The Balaban J connectivity index is 1.95. The van der Waals surface area contributed by atoms with Gasteiger partial charge in [0.25, 0.3) is 0 Å². The highest BCUT2D eigenvalue weighted by molar-refractivity contribution is 5.75. The molecule has 0 radical (unpaired) electrons. The summed E-state index contributed by atoms with van der Waals surface area (Å²) in [5.41, 5.74) is 8.32. The zero-order valence-electron chi connectivity index (χ0n) is 11.4. The van der Waals surface area contributed by atoms with Gasteiger partial charge in [-0.3, -0.25) is 4.79 Å². The molecule has 108 valence electrons. The Morgan fingerprint density at radius 2 is 2.10 bits per heavy atom. The molecule has 1 unspecified atom stereocenters. The maximum atomic E-state index is 11.2. The monoisotopic (exact) mass is 277 g/mol. The van der Waals surface area contributed by atoms with Crippen LogP contribution in [0.2, 0.25) is 0 Å². The molecule has 0 aliphatic rings. The van der Waals surface area contributed by atoms with E-state index in [1.807, 2.05) is 18.2 Å². The highest BCUT2D eigenvalue weighted by atomic mass is 16.5. The molecule has 0 saturated heterocycles. The van der Waals surface area contributed by atoms with E-state index in [1.165, 1.54) is 0 Å². The number of H-pyrrole nitrogens is 2. The van der Waals surface area contributed by atoms with E-state index in [0.29, 0.717) is 25.9 Å². The lowest BCUT2D eigenvalue weighted by Gasteiger charge is -2.11. The Bertz CT molecular complexity index is 644. The van der Waals surface area contributed by atoms with Crippen molar-refractivity contribution < 1.29 is 9.53 Å². The third kappa shape index (κ3) is 3.48. The summed E-state index contributed by atoms with van der Waals surface area (Å²) in [5, 5.41) is 0. The number of esters is 1. The first kappa shape index (κ1) is 14.3. The van der Waals surface area contributed by atoms with E-state index in [9.17, 15) is 9.59 Å². The van der Waals surface area contributed by atoms with Crippen LogP contribution in [0.15, 0.2) is 23.0 Å². The van der Waals surface area contributed by atoms with Gasteiger partial charge >= 0.3 is 11.7 Å². The van der Waals surface area contributed by atoms with Gasteiger partial charge in [0.15, 0.2) is 0 Å². The van der Waals surface area contributed by atoms with Crippen molar-refractivity contribution in [3.05, 3.63) is 34.2 Å². The lowest BCUT2D eigenvalue weighted by molar-refractivity contribution is -0.143. The van der Waals surface area contributed by atoms with Gasteiger partial charge in [-0.2, -0.15) is 0 Å². The van der Waals surface area contributed by atoms with E-state index >= 15 is 0 Å². The Morgan fingerprint density at radius 1 is 1.35 bits per heavy atom. The van der Waals surface area contributed by atoms with Crippen LogP contribution >= 0.6 is 0 Å². The molecule has 4 N–H and O–H groups in total. The summed E-state index contributed by atoms with van der Waals surface area (Å²) in [5.74, 6) is -0.190. The number of aromatic amines is 2. The predicted octanol–water partition coefficient (Wildman–Crippen LogP) is 1.59. The van der Waals surface area contributed by atoms with Gasteiger partial charge < -0.3 is 20.4 Å². The number of aromatic nitrogens is 2. The molecule has 6 heteroatoms. The minimum Gasteiger partial charge on any atom is -0.466 e. The lowest BCUT2D eigenvalue weighted by Crippen LogP contribution is -2.11. The standard InChI is InChI=1S/C14H19N3O3/c1-2-20-13(18)5-3-4-10(15)9-6-7-11-12(8-9)17-14(19)16-11/h6-8,10H,2-5,15H2,1H3,(H2,16,17,19). The van der Waals surface area contributed by atoms with Crippen LogP contribution in [0.25, 0.3) is 11.0 Å². The molecule has 0 bridgehead atoms. The summed E-state index contributed by atoms with van der Waals surface area (Å²) >= 11 is 0. The van der Waals surface area contributed by atoms with Crippen LogP contribution in [0.3, 0.4) is 0 Å². The summed E-state index contributed by atoms with van der Waals surface area (Å²) in [4.78, 5) is 27.8. The third-order valence-electron chi connectivity index (χ3n) is 3.17. The van der Waals surface area contributed by atoms with Gasteiger partial charge in [0, 0.05) is 12.5 Å². The van der Waals surface area contributed by atoms with Crippen molar-refractivity contribution in [2.75, 3.05) is 6.61 Å². The highest BCUT2D eigenvalue weighted by Gasteiger charge is 2.09. The highest BCUT2D eigenvalue weighted by Crippen LogP contribution is 2.20. The normalized spacial score (nSPS) is 12.5. The maximum absolute atomic E-state index is 11.2. The molecule has 0 fully saturated rings. The number of carbonyl (C=O) groups excluding carboxylic acids is 1. The number of nitrogens with two attached hydrogens (primary N) is 1. The van der Waals surface area contributed by atoms with Crippen LogP contribution < -0.4 is 11.4 Å². The number of imidazole rings is 1. The lowest BCUT2D eigenvalue weighted by atomic mass is 10.0. The predicted molar refractivity (Wildman–Crippen MR) is 76.3 cm³/mol. The van der Waals surface area contributed by atoms with E-state index in [2.05, 4.69) is 9.97 Å². The average molecular weight is 277 g/mol. The molecule has 0 aliphatic carbocycles. The Morgan fingerprint density at radius 3 is 2.85 bits per heavy atom. The first-order valence-corrected chi connectivity index (χ1v) is 6.73. The number of hydrogen-bond donors (Lipinski definition) is 3. The summed E-state index contributed by atoms with van der Waals surface area (Å²) in [6.45, 7) is 2.19. The largest absolute Gasteiger partial charge is 0.466 e. The first-order valence-electron chi connectivity index (χ1n) is 6.73. The number of benzene rings is 1. The smallest absolute Gasteiger partial charge is 0.323 e.